The van der Waals surface area contributed by atoms with Gasteiger partial charge in [-0.1, -0.05) is 0 Å². The summed E-state index contributed by atoms with van der Waals surface area (Å²) in [6.07, 6.45) is 0.183. The number of hydrazone groups is 1. The highest BCUT2D eigenvalue weighted by Crippen LogP contribution is 2.36. The number of carbonyl (C=O) groups excluding carboxylic acids is 1. The molecular formula is C14H15F2N5O. The van der Waals surface area contributed by atoms with E-state index < -0.39 is 28.6 Å². The third-order valence-electron chi connectivity index (χ3n) is 3.92. The number of nitrogens with two attached hydrogens (primary N) is 1. The number of anilines is 1. The first-order valence-corrected chi connectivity index (χ1v) is 6.46. The van der Waals surface area contributed by atoms with E-state index in [1.807, 2.05) is 0 Å². The van der Waals surface area contributed by atoms with Gasteiger partial charge >= 0.3 is 0 Å². The maximum absolute atomic E-state index is 14.1. The first-order chi connectivity index (χ1) is 10.3. The molecule has 22 heavy (non-hydrogen) atoms. The summed E-state index contributed by atoms with van der Waals surface area (Å²) in [6, 6.07) is 3.78. The fourth-order valence-electron chi connectivity index (χ4n) is 2.53. The molecule has 0 atom stereocenters. The Labute approximate surface area is 126 Å². The van der Waals surface area contributed by atoms with Gasteiger partial charge in [0.15, 0.2) is 0 Å². The molecule has 1 amide bonds. The Hall–Kier alpha value is -2.69. The normalized spacial score (nSPS) is 15.6. The highest BCUT2D eigenvalue weighted by Gasteiger charge is 2.47. The molecule has 2 rings (SSSR count). The number of likely N-dealkylation sites (N-methyl/N-ethyl adjacent to an activating group) is 1. The van der Waals surface area contributed by atoms with Gasteiger partial charge in [-0.25, -0.2) is 8.78 Å². The number of nitriles is 1. The Kier molecular flexibility index (Phi) is 3.99. The van der Waals surface area contributed by atoms with Crippen molar-refractivity contribution in [2.75, 3.05) is 25.0 Å². The van der Waals surface area contributed by atoms with E-state index in [1.54, 1.807) is 17.0 Å². The van der Waals surface area contributed by atoms with Crippen LogP contribution in [0.25, 0.3) is 0 Å². The second kappa shape index (κ2) is 5.60. The highest BCUT2D eigenvalue weighted by atomic mass is 19.1. The molecule has 0 unspecified atom stereocenters. The average Bonchev–Trinajstić information content (AvgIpc) is 2.43. The summed E-state index contributed by atoms with van der Waals surface area (Å²) in [4.78, 5) is 12.6. The number of halogens is 2. The molecule has 0 aliphatic carbocycles. The average molecular weight is 307 g/mol. The van der Waals surface area contributed by atoms with Crippen molar-refractivity contribution >= 4 is 18.3 Å². The third-order valence-corrected chi connectivity index (χ3v) is 3.92. The summed E-state index contributed by atoms with van der Waals surface area (Å²) in [5.41, 5.74) is 3.92. The molecule has 0 aromatic heterocycles. The van der Waals surface area contributed by atoms with Crippen LogP contribution in [0.4, 0.5) is 14.5 Å². The molecular weight excluding hydrogens is 292 g/mol. The Balaban J connectivity index is 2.26. The van der Waals surface area contributed by atoms with Crippen LogP contribution >= 0.6 is 0 Å². The monoisotopic (exact) mass is 307 g/mol. The largest absolute Gasteiger partial charge is 0.366 e. The van der Waals surface area contributed by atoms with Crippen LogP contribution in [-0.4, -0.2) is 43.3 Å². The second-order valence-corrected chi connectivity index (χ2v) is 5.23. The number of benzene rings is 1. The zero-order valence-corrected chi connectivity index (χ0v) is 12.0. The van der Waals surface area contributed by atoms with Crippen LogP contribution in [-0.2, 0) is 0 Å². The van der Waals surface area contributed by atoms with Crippen LogP contribution in [0.3, 0.4) is 0 Å². The first kappa shape index (κ1) is 15.7. The summed E-state index contributed by atoms with van der Waals surface area (Å²) in [5, 5.41) is 14.3. The maximum atomic E-state index is 14.1. The SMILES string of the molecule is C=NN(C)C1(CC#N)CN(c2cc(F)c(C(N)=O)cc2F)C1. The third kappa shape index (κ3) is 2.45. The fraction of sp³-hybridized carbons (Fsp3) is 0.357. The molecule has 0 bridgehead atoms. The van der Waals surface area contributed by atoms with E-state index in [2.05, 4.69) is 17.9 Å². The summed E-state index contributed by atoms with van der Waals surface area (Å²) in [6.45, 7) is 4.00. The number of amides is 1. The zero-order valence-electron chi connectivity index (χ0n) is 12.0. The Bertz CT molecular complexity index is 664. The Morgan fingerprint density at radius 1 is 1.55 bits per heavy atom. The van der Waals surface area contributed by atoms with E-state index >= 15 is 0 Å². The van der Waals surface area contributed by atoms with Crippen LogP contribution in [0, 0.1) is 23.0 Å². The van der Waals surface area contributed by atoms with Crippen LogP contribution < -0.4 is 10.6 Å². The van der Waals surface area contributed by atoms with Crippen molar-refractivity contribution in [1.82, 2.24) is 5.01 Å². The lowest BCUT2D eigenvalue weighted by Crippen LogP contribution is -2.68. The number of primary amides is 1. The minimum atomic E-state index is -1.03. The lowest BCUT2D eigenvalue weighted by Gasteiger charge is -2.53. The summed E-state index contributed by atoms with van der Waals surface area (Å²) >= 11 is 0. The minimum absolute atomic E-state index is 0.0218. The van der Waals surface area contributed by atoms with Crippen molar-refractivity contribution in [3.05, 3.63) is 29.3 Å². The van der Waals surface area contributed by atoms with E-state index in [1.165, 1.54) is 0 Å². The van der Waals surface area contributed by atoms with Gasteiger partial charge in [-0.2, -0.15) is 10.4 Å². The lowest BCUT2D eigenvalue weighted by atomic mass is 9.85. The van der Waals surface area contributed by atoms with Crippen molar-refractivity contribution in [2.45, 2.75) is 12.0 Å². The topological polar surface area (TPSA) is 85.7 Å². The molecule has 0 saturated carbocycles. The summed E-state index contributed by atoms with van der Waals surface area (Å²) < 4.78 is 27.8. The van der Waals surface area contributed by atoms with Crippen LogP contribution in [0.5, 0.6) is 0 Å². The van der Waals surface area contributed by atoms with E-state index in [0.717, 1.165) is 12.1 Å². The molecule has 6 nitrogen and oxygen atoms in total. The quantitative estimate of drug-likeness (QED) is 0.651. The van der Waals surface area contributed by atoms with Gasteiger partial charge in [-0.3, -0.25) is 9.80 Å². The van der Waals surface area contributed by atoms with Crippen LogP contribution in [0.1, 0.15) is 16.8 Å². The van der Waals surface area contributed by atoms with Crippen molar-refractivity contribution in [1.29, 1.82) is 5.26 Å². The van der Waals surface area contributed by atoms with Gasteiger partial charge in [-0.15, -0.1) is 0 Å². The molecule has 0 spiro atoms. The first-order valence-electron chi connectivity index (χ1n) is 6.46. The van der Waals surface area contributed by atoms with Gasteiger partial charge in [0, 0.05) is 32.9 Å². The molecule has 1 saturated heterocycles. The predicted octanol–water partition coefficient (Wildman–Crippen LogP) is 1.08. The molecule has 1 aromatic rings. The molecule has 116 valence electrons. The van der Waals surface area contributed by atoms with Gasteiger partial charge in [0.25, 0.3) is 5.91 Å². The van der Waals surface area contributed by atoms with Gasteiger partial charge in [0.2, 0.25) is 0 Å². The minimum Gasteiger partial charge on any atom is -0.366 e. The Morgan fingerprint density at radius 2 is 2.18 bits per heavy atom. The van der Waals surface area contributed by atoms with Gasteiger partial charge in [0.05, 0.1) is 23.7 Å². The van der Waals surface area contributed by atoms with Gasteiger partial charge < -0.3 is 10.6 Å². The summed E-state index contributed by atoms with van der Waals surface area (Å²) in [5.74, 6) is -2.65. The van der Waals surface area contributed by atoms with Crippen molar-refractivity contribution in [3.8, 4) is 6.07 Å². The fourth-order valence-corrected chi connectivity index (χ4v) is 2.53. The molecule has 8 heteroatoms. The predicted molar refractivity (Wildman–Crippen MR) is 77.4 cm³/mol. The number of nitrogens with zero attached hydrogens (tertiary/aromatic N) is 4. The van der Waals surface area contributed by atoms with Crippen LogP contribution in [0.15, 0.2) is 17.2 Å². The zero-order chi connectivity index (χ0) is 16.5. The second-order valence-electron chi connectivity index (χ2n) is 5.23. The standard InChI is InChI=1S/C14H15F2N5O/c1-19-20(2)14(3-4-17)7-21(8-14)12-6-10(15)9(13(18)22)5-11(12)16/h5-6H,1,3,7-8H2,2H3,(H2,18,22). The van der Waals surface area contributed by atoms with E-state index in [-0.39, 0.29) is 12.1 Å². The molecule has 1 heterocycles. The number of carbonyl (C=O) groups is 1. The number of rotatable bonds is 5. The van der Waals surface area contributed by atoms with Crippen LogP contribution in [0.2, 0.25) is 0 Å². The van der Waals surface area contributed by atoms with E-state index in [9.17, 15) is 13.6 Å². The van der Waals surface area contributed by atoms with E-state index in [4.69, 9.17) is 11.0 Å². The molecule has 1 aliphatic rings. The maximum Gasteiger partial charge on any atom is 0.251 e. The molecule has 1 fully saturated rings. The smallest absolute Gasteiger partial charge is 0.251 e. The van der Waals surface area contributed by atoms with Gasteiger partial charge in [-0.05, 0) is 6.07 Å². The van der Waals surface area contributed by atoms with Crippen molar-refractivity contribution in [2.24, 2.45) is 10.8 Å². The highest BCUT2D eigenvalue weighted by molar-refractivity contribution is 5.93. The molecule has 0 radical (unpaired) electrons. The number of hydrogen-bond acceptors (Lipinski definition) is 5. The Morgan fingerprint density at radius 3 is 2.68 bits per heavy atom. The summed E-state index contributed by atoms with van der Waals surface area (Å²) in [7, 11) is 1.68. The van der Waals surface area contributed by atoms with Gasteiger partial charge in [0.1, 0.15) is 17.2 Å². The molecule has 1 aliphatic heterocycles. The lowest BCUT2D eigenvalue weighted by molar-refractivity contribution is 0.0932. The number of hydrogen-bond donors (Lipinski definition) is 1. The molecule has 2 N–H and O–H groups in total. The van der Waals surface area contributed by atoms with E-state index in [0.29, 0.717) is 13.1 Å². The van der Waals surface area contributed by atoms with Crippen molar-refractivity contribution in [3.63, 3.8) is 0 Å². The van der Waals surface area contributed by atoms with Crippen molar-refractivity contribution < 1.29 is 13.6 Å². The molecule has 1 aromatic carbocycles.